The fraction of sp³-hybridized carbons (Fsp3) is 0.208. The molecule has 0 aliphatic rings. The van der Waals surface area contributed by atoms with Crippen LogP contribution in [-0.2, 0) is 0 Å². The SMILES string of the molecule is CC(C)c1nn(-c2ccccc2)c2sc(C(=O)NCCNC(=O)c3ccccc3)cc12. The second-order valence-corrected chi connectivity index (χ2v) is 8.53. The molecule has 2 amide bonds. The lowest BCUT2D eigenvalue weighted by Gasteiger charge is -2.06. The molecule has 4 rings (SSSR count). The van der Waals surface area contributed by atoms with Gasteiger partial charge in [0, 0.05) is 24.0 Å². The summed E-state index contributed by atoms with van der Waals surface area (Å²) >= 11 is 1.43. The number of carbonyl (C=O) groups excluding carboxylic acids is 2. The molecule has 31 heavy (non-hydrogen) atoms. The van der Waals surface area contributed by atoms with Gasteiger partial charge in [0.05, 0.1) is 16.3 Å². The van der Waals surface area contributed by atoms with E-state index in [-0.39, 0.29) is 17.7 Å². The van der Waals surface area contributed by atoms with Crippen molar-refractivity contribution in [2.45, 2.75) is 19.8 Å². The first-order valence-corrected chi connectivity index (χ1v) is 11.1. The number of carbonyl (C=O) groups is 2. The van der Waals surface area contributed by atoms with Crippen LogP contribution < -0.4 is 10.6 Å². The maximum atomic E-state index is 12.7. The van der Waals surface area contributed by atoms with Gasteiger partial charge in [0.15, 0.2) is 0 Å². The van der Waals surface area contributed by atoms with Crippen LogP contribution in [-0.4, -0.2) is 34.7 Å². The van der Waals surface area contributed by atoms with Crippen molar-refractivity contribution in [2.24, 2.45) is 0 Å². The Morgan fingerprint density at radius 1 is 0.935 bits per heavy atom. The van der Waals surface area contributed by atoms with Crippen molar-refractivity contribution in [1.29, 1.82) is 0 Å². The first-order valence-electron chi connectivity index (χ1n) is 10.2. The molecule has 158 valence electrons. The number of hydrogen-bond donors (Lipinski definition) is 2. The molecule has 6 nitrogen and oxygen atoms in total. The molecule has 7 heteroatoms. The summed E-state index contributed by atoms with van der Waals surface area (Å²) in [5.41, 5.74) is 2.55. The molecule has 0 bridgehead atoms. The van der Waals surface area contributed by atoms with E-state index in [1.807, 2.05) is 59.3 Å². The van der Waals surface area contributed by atoms with Gasteiger partial charge in [-0.2, -0.15) is 5.10 Å². The van der Waals surface area contributed by atoms with E-state index in [1.54, 1.807) is 12.1 Å². The second kappa shape index (κ2) is 9.14. The number of amides is 2. The van der Waals surface area contributed by atoms with E-state index in [0.717, 1.165) is 21.6 Å². The van der Waals surface area contributed by atoms with E-state index in [2.05, 4.69) is 24.5 Å². The third-order valence-electron chi connectivity index (χ3n) is 4.89. The van der Waals surface area contributed by atoms with E-state index in [1.165, 1.54) is 11.3 Å². The van der Waals surface area contributed by atoms with Crippen LogP contribution in [0.2, 0.25) is 0 Å². The highest BCUT2D eigenvalue weighted by molar-refractivity contribution is 7.20. The molecule has 0 fully saturated rings. The van der Waals surface area contributed by atoms with Crippen molar-refractivity contribution in [3.8, 4) is 5.69 Å². The van der Waals surface area contributed by atoms with Gasteiger partial charge >= 0.3 is 0 Å². The van der Waals surface area contributed by atoms with Gasteiger partial charge in [-0.1, -0.05) is 50.2 Å². The number of thiophene rings is 1. The van der Waals surface area contributed by atoms with Crippen molar-refractivity contribution >= 4 is 33.4 Å². The summed E-state index contributed by atoms with van der Waals surface area (Å²) in [6, 6.07) is 20.9. The topological polar surface area (TPSA) is 76.0 Å². The van der Waals surface area contributed by atoms with Crippen LogP contribution in [0.15, 0.2) is 66.7 Å². The van der Waals surface area contributed by atoms with Crippen LogP contribution in [0.3, 0.4) is 0 Å². The van der Waals surface area contributed by atoms with Crippen LogP contribution in [0.25, 0.3) is 15.9 Å². The van der Waals surface area contributed by atoms with E-state index in [9.17, 15) is 9.59 Å². The number of benzene rings is 2. The summed E-state index contributed by atoms with van der Waals surface area (Å²) < 4.78 is 1.91. The first kappa shape index (κ1) is 20.8. The summed E-state index contributed by atoms with van der Waals surface area (Å²) in [6.07, 6.45) is 0. The quantitative estimate of drug-likeness (QED) is 0.426. The average molecular weight is 433 g/mol. The molecule has 0 aliphatic heterocycles. The summed E-state index contributed by atoms with van der Waals surface area (Å²) in [6.45, 7) is 4.92. The van der Waals surface area contributed by atoms with Crippen LogP contribution in [0, 0.1) is 0 Å². The number of nitrogens with zero attached hydrogens (tertiary/aromatic N) is 2. The van der Waals surface area contributed by atoms with Crippen molar-refractivity contribution < 1.29 is 9.59 Å². The summed E-state index contributed by atoms with van der Waals surface area (Å²) in [4.78, 5) is 26.4. The Balaban J connectivity index is 1.45. The fourth-order valence-corrected chi connectivity index (χ4v) is 4.40. The number of fused-ring (bicyclic) bond motifs is 1. The minimum atomic E-state index is -0.152. The van der Waals surface area contributed by atoms with Gasteiger partial charge in [-0.05, 0) is 36.2 Å². The summed E-state index contributed by atoms with van der Waals surface area (Å²) in [5, 5.41) is 11.5. The Morgan fingerprint density at radius 2 is 1.55 bits per heavy atom. The molecular weight excluding hydrogens is 408 g/mol. The normalized spacial score (nSPS) is 11.1. The molecule has 0 atom stereocenters. The molecule has 2 heterocycles. The molecule has 0 aliphatic carbocycles. The summed E-state index contributed by atoms with van der Waals surface area (Å²) in [7, 11) is 0. The predicted molar refractivity (Wildman–Crippen MR) is 124 cm³/mol. The highest BCUT2D eigenvalue weighted by atomic mass is 32.1. The number of para-hydroxylation sites is 1. The van der Waals surface area contributed by atoms with Gasteiger partial charge in [0.25, 0.3) is 11.8 Å². The van der Waals surface area contributed by atoms with E-state index in [0.29, 0.717) is 23.5 Å². The molecule has 0 saturated carbocycles. The van der Waals surface area contributed by atoms with Crippen molar-refractivity contribution in [3.63, 3.8) is 0 Å². The number of aromatic nitrogens is 2. The van der Waals surface area contributed by atoms with Gasteiger partial charge in [0.1, 0.15) is 4.83 Å². The Hall–Kier alpha value is -3.45. The highest BCUT2D eigenvalue weighted by Crippen LogP contribution is 2.33. The van der Waals surface area contributed by atoms with Crippen LogP contribution in [0.5, 0.6) is 0 Å². The minimum absolute atomic E-state index is 0.149. The highest BCUT2D eigenvalue weighted by Gasteiger charge is 2.20. The zero-order chi connectivity index (χ0) is 21.8. The Bertz CT molecular complexity index is 1200. The molecule has 0 spiro atoms. The molecule has 0 saturated heterocycles. The number of rotatable bonds is 7. The lowest BCUT2D eigenvalue weighted by molar-refractivity contribution is 0.0929. The molecule has 2 aromatic carbocycles. The third kappa shape index (κ3) is 4.51. The largest absolute Gasteiger partial charge is 0.350 e. The van der Waals surface area contributed by atoms with E-state index >= 15 is 0 Å². The Kier molecular flexibility index (Phi) is 6.13. The molecule has 0 unspecified atom stereocenters. The molecule has 2 N–H and O–H groups in total. The lowest BCUT2D eigenvalue weighted by atomic mass is 10.1. The minimum Gasteiger partial charge on any atom is -0.350 e. The number of nitrogens with one attached hydrogen (secondary N) is 2. The molecule has 4 aromatic rings. The third-order valence-corrected chi connectivity index (χ3v) is 6.00. The van der Waals surface area contributed by atoms with Gasteiger partial charge in [-0.15, -0.1) is 11.3 Å². The number of hydrogen-bond acceptors (Lipinski definition) is 4. The fourth-order valence-electron chi connectivity index (χ4n) is 3.34. The second-order valence-electron chi connectivity index (χ2n) is 7.49. The maximum absolute atomic E-state index is 12.7. The zero-order valence-electron chi connectivity index (χ0n) is 17.5. The maximum Gasteiger partial charge on any atom is 0.261 e. The van der Waals surface area contributed by atoms with Gasteiger partial charge in [-0.25, -0.2) is 4.68 Å². The van der Waals surface area contributed by atoms with Crippen LogP contribution >= 0.6 is 11.3 Å². The standard InChI is InChI=1S/C24H24N4O2S/c1-16(2)21-19-15-20(31-24(19)28(27-21)18-11-7-4-8-12-18)23(30)26-14-13-25-22(29)17-9-5-3-6-10-17/h3-12,15-16H,13-14H2,1-2H3,(H,25,29)(H,26,30). The average Bonchev–Trinajstić information content (AvgIpc) is 3.37. The Labute approximate surface area is 184 Å². The van der Waals surface area contributed by atoms with E-state index < -0.39 is 0 Å². The zero-order valence-corrected chi connectivity index (χ0v) is 18.3. The van der Waals surface area contributed by atoms with E-state index in [4.69, 9.17) is 5.10 Å². The van der Waals surface area contributed by atoms with Crippen molar-refractivity contribution in [1.82, 2.24) is 20.4 Å². The predicted octanol–water partition coefficient (Wildman–Crippen LogP) is 4.37. The van der Waals surface area contributed by atoms with Crippen molar-refractivity contribution in [2.75, 3.05) is 13.1 Å². The van der Waals surface area contributed by atoms with Crippen LogP contribution in [0.4, 0.5) is 0 Å². The van der Waals surface area contributed by atoms with Crippen LogP contribution in [0.1, 0.15) is 45.5 Å². The van der Waals surface area contributed by atoms with Gasteiger partial charge < -0.3 is 10.6 Å². The molecule has 0 radical (unpaired) electrons. The smallest absolute Gasteiger partial charge is 0.261 e. The van der Waals surface area contributed by atoms with Crippen molar-refractivity contribution in [3.05, 3.63) is 82.9 Å². The molecule has 2 aromatic heterocycles. The summed E-state index contributed by atoms with van der Waals surface area (Å²) in [5.74, 6) is -0.0584. The van der Waals surface area contributed by atoms with Gasteiger partial charge in [-0.3, -0.25) is 9.59 Å². The molecular formula is C24H24N4O2S. The van der Waals surface area contributed by atoms with Gasteiger partial charge in [0.2, 0.25) is 0 Å². The Morgan fingerprint density at radius 3 is 2.19 bits per heavy atom. The monoisotopic (exact) mass is 432 g/mol. The first-order chi connectivity index (χ1) is 15.0. The lowest BCUT2D eigenvalue weighted by Crippen LogP contribution is -2.34.